The third-order valence-corrected chi connectivity index (χ3v) is 2.56. The third kappa shape index (κ3) is 1.72. The van der Waals surface area contributed by atoms with Gasteiger partial charge in [-0.3, -0.25) is 0 Å². The molecule has 2 rings (SSSR count). The first-order chi connectivity index (χ1) is 7.21. The van der Waals surface area contributed by atoms with Gasteiger partial charge >= 0.3 is 6.29 Å². The second kappa shape index (κ2) is 3.09. The van der Waals surface area contributed by atoms with Gasteiger partial charge in [0.15, 0.2) is 11.5 Å². The quantitative estimate of drug-likeness (QED) is 0.675. The lowest BCUT2D eigenvalue weighted by atomic mass is 9.85. The number of hydrogen-bond donors (Lipinski definition) is 0. The number of alkyl halides is 2. The molecular formula is C12H14F2O2. The van der Waals surface area contributed by atoms with Crippen LogP contribution in [0.25, 0.3) is 0 Å². The van der Waals surface area contributed by atoms with Gasteiger partial charge in [-0.15, -0.1) is 8.78 Å². The maximum Gasteiger partial charge on any atom is 0.586 e. The van der Waals surface area contributed by atoms with E-state index in [2.05, 4.69) is 9.47 Å². The molecular weight excluding hydrogens is 214 g/mol. The molecule has 0 saturated carbocycles. The van der Waals surface area contributed by atoms with Crippen LogP contribution < -0.4 is 9.47 Å². The molecule has 0 fully saturated rings. The van der Waals surface area contributed by atoms with Crippen molar-refractivity contribution in [2.45, 2.75) is 39.4 Å². The maximum absolute atomic E-state index is 13.0. The molecule has 0 atom stereocenters. The van der Waals surface area contributed by atoms with Crippen molar-refractivity contribution in [3.05, 3.63) is 23.3 Å². The molecule has 88 valence electrons. The Morgan fingerprint density at radius 2 is 1.62 bits per heavy atom. The SMILES string of the molecule is Cc1ccc(C(C)(C)C)c2c1OC(F)(F)O2. The van der Waals surface area contributed by atoms with E-state index in [0.717, 1.165) is 5.56 Å². The minimum absolute atomic E-state index is 0.150. The van der Waals surface area contributed by atoms with Crippen LogP contribution in [0, 0.1) is 6.92 Å². The van der Waals surface area contributed by atoms with E-state index in [1.54, 1.807) is 19.1 Å². The standard InChI is InChI=1S/C12H14F2O2/c1-7-5-6-8(11(2,3)4)10-9(7)15-12(13,14)16-10/h5-6H,1-4H3. The molecule has 0 aromatic heterocycles. The van der Waals surface area contributed by atoms with E-state index in [9.17, 15) is 8.78 Å². The molecule has 0 aliphatic carbocycles. The molecule has 0 N–H and O–H groups in total. The molecule has 0 saturated heterocycles. The number of hydrogen-bond acceptors (Lipinski definition) is 2. The van der Waals surface area contributed by atoms with Crippen molar-refractivity contribution in [1.29, 1.82) is 0 Å². The average molecular weight is 228 g/mol. The molecule has 1 aliphatic heterocycles. The maximum atomic E-state index is 13.0. The number of ether oxygens (including phenoxy) is 2. The summed E-state index contributed by atoms with van der Waals surface area (Å²) in [5.74, 6) is 0.315. The lowest BCUT2D eigenvalue weighted by Gasteiger charge is -2.21. The van der Waals surface area contributed by atoms with Crippen molar-refractivity contribution in [2.75, 3.05) is 0 Å². The zero-order chi connectivity index (χ0) is 12.1. The highest BCUT2D eigenvalue weighted by Crippen LogP contribution is 2.48. The van der Waals surface area contributed by atoms with E-state index in [-0.39, 0.29) is 16.9 Å². The van der Waals surface area contributed by atoms with Gasteiger partial charge in [0.1, 0.15) is 0 Å². The highest BCUT2D eigenvalue weighted by Gasteiger charge is 2.46. The Hall–Kier alpha value is -1.32. The second-order valence-electron chi connectivity index (χ2n) is 5.01. The Kier molecular flexibility index (Phi) is 2.16. The lowest BCUT2D eigenvalue weighted by Crippen LogP contribution is -2.26. The highest BCUT2D eigenvalue weighted by atomic mass is 19.3. The molecule has 1 aromatic rings. The van der Waals surface area contributed by atoms with Crippen LogP contribution in [0.15, 0.2) is 12.1 Å². The predicted octanol–water partition coefficient (Wildman–Crippen LogP) is 3.61. The molecule has 0 unspecified atom stereocenters. The third-order valence-electron chi connectivity index (χ3n) is 2.56. The zero-order valence-electron chi connectivity index (χ0n) is 9.73. The van der Waals surface area contributed by atoms with E-state index in [1.807, 2.05) is 20.8 Å². The average Bonchev–Trinajstić information content (AvgIpc) is 2.39. The van der Waals surface area contributed by atoms with Crippen LogP contribution >= 0.6 is 0 Å². The van der Waals surface area contributed by atoms with Gasteiger partial charge in [-0.05, 0) is 17.9 Å². The largest absolute Gasteiger partial charge is 0.586 e. The summed E-state index contributed by atoms with van der Waals surface area (Å²) in [5, 5.41) is 0. The predicted molar refractivity (Wildman–Crippen MR) is 56.1 cm³/mol. The van der Waals surface area contributed by atoms with Gasteiger partial charge in [-0.25, -0.2) is 0 Å². The van der Waals surface area contributed by atoms with Crippen molar-refractivity contribution >= 4 is 0 Å². The van der Waals surface area contributed by atoms with E-state index in [0.29, 0.717) is 5.56 Å². The van der Waals surface area contributed by atoms with Crippen molar-refractivity contribution < 1.29 is 18.3 Å². The van der Waals surface area contributed by atoms with E-state index >= 15 is 0 Å². The van der Waals surface area contributed by atoms with Crippen molar-refractivity contribution in [1.82, 2.24) is 0 Å². The number of benzene rings is 1. The number of rotatable bonds is 0. The topological polar surface area (TPSA) is 18.5 Å². The zero-order valence-corrected chi connectivity index (χ0v) is 9.73. The Morgan fingerprint density at radius 3 is 2.19 bits per heavy atom. The Balaban J connectivity index is 2.59. The van der Waals surface area contributed by atoms with Crippen LogP contribution in [0.4, 0.5) is 8.78 Å². The summed E-state index contributed by atoms with van der Waals surface area (Å²) in [6, 6.07) is 3.57. The normalized spacial score (nSPS) is 17.6. The number of aryl methyl sites for hydroxylation is 1. The van der Waals surface area contributed by atoms with E-state index in [1.165, 1.54) is 0 Å². The van der Waals surface area contributed by atoms with Crippen LogP contribution in [0.3, 0.4) is 0 Å². The molecule has 0 radical (unpaired) electrons. The Morgan fingerprint density at radius 1 is 1.06 bits per heavy atom. The first-order valence-corrected chi connectivity index (χ1v) is 5.11. The van der Waals surface area contributed by atoms with Gasteiger partial charge in [0.2, 0.25) is 0 Å². The molecule has 4 heteroatoms. The van der Waals surface area contributed by atoms with Gasteiger partial charge < -0.3 is 9.47 Å². The van der Waals surface area contributed by atoms with Crippen molar-refractivity contribution in [2.24, 2.45) is 0 Å². The summed E-state index contributed by atoms with van der Waals surface area (Å²) in [6.07, 6.45) is -3.55. The summed E-state index contributed by atoms with van der Waals surface area (Å²) in [6.45, 7) is 7.54. The molecule has 16 heavy (non-hydrogen) atoms. The van der Waals surface area contributed by atoms with E-state index in [4.69, 9.17) is 0 Å². The molecule has 2 nitrogen and oxygen atoms in total. The van der Waals surface area contributed by atoms with Crippen LogP contribution in [0.1, 0.15) is 31.9 Å². The molecule has 1 aromatic carbocycles. The first kappa shape index (κ1) is 11.2. The van der Waals surface area contributed by atoms with Crippen molar-refractivity contribution in [3.8, 4) is 11.5 Å². The fourth-order valence-electron chi connectivity index (χ4n) is 1.74. The molecule has 1 aliphatic rings. The van der Waals surface area contributed by atoms with Gasteiger partial charge in [-0.2, -0.15) is 0 Å². The van der Waals surface area contributed by atoms with Crippen molar-refractivity contribution in [3.63, 3.8) is 0 Å². The lowest BCUT2D eigenvalue weighted by molar-refractivity contribution is -0.287. The summed E-state index contributed by atoms with van der Waals surface area (Å²) in [5.41, 5.74) is 1.12. The Labute approximate surface area is 93.2 Å². The monoisotopic (exact) mass is 228 g/mol. The smallest absolute Gasteiger partial charge is 0.395 e. The van der Waals surface area contributed by atoms with Crippen LogP contribution in [-0.2, 0) is 5.41 Å². The summed E-state index contributed by atoms with van der Waals surface area (Å²) in [4.78, 5) is 0. The fourth-order valence-corrected chi connectivity index (χ4v) is 1.74. The van der Waals surface area contributed by atoms with E-state index < -0.39 is 6.29 Å². The van der Waals surface area contributed by atoms with Gasteiger partial charge in [-0.1, -0.05) is 32.9 Å². The van der Waals surface area contributed by atoms with Gasteiger partial charge in [0.25, 0.3) is 0 Å². The summed E-state index contributed by atoms with van der Waals surface area (Å²) < 4.78 is 35.2. The Bertz CT molecular complexity index is 433. The number of fused-ring (bicyclic) bond motifs is 1. The first-order valence-electron chi connectivity index (χ1n) is 5.11. The summed E-state index contributed by atoms with van der Waals surface area (Å²) >= 11 is 0. The van der Waals surface area contributed by atoms with Gasteiger partial charge in [0.05, 0.1) is 0 Å². The fraction of sp³-hybridized carbons (Fsp3) is 0.500. The van der Waals surface area contributed by atoms with Gasteiger partial charge in [0, 0.05) is 5.56 Å². The highest BCUT2D eigenvalue weighted by molar-refractivity contribution is 5.55. The van der Waals surface area contributed by atoms with Crippen LogP contribution in [0.5, 0.6) is 11.5 Å². The minimum Gasteiger partial charge on any atom is -0.395 e. The van der Waals surface area contributed by atoms with Crippen LogP contribution in [0.2, 0.25) is 0 Å². The molecule has 1 heterocycles. The number of halogens is 2. The van der Waals surface area contributed by atoms with Crippen LogP contribution in [-0.4, -0.2) is 6.29 Å². The molecule has 0 bridgehead atoms. The molecule has 0 spiro atoms. The second-order valence-corrected chi connectivity index (χ2v) is 5.01. The minimum atomic E-state index is -3.55. The summed E-state index contributed by atoms with van der Waals surface area (Å²) in [7, 11) is 0. The molecule has 0 amide bonds.